The Morgan fingerprint density at radius 2 is 1.94 bits per heavy atom. The van der Waals surface area contributed by atoms with Crippen LogP contribution in [-0.2, 0) is 0 Å². The summed E-state index contributed by atoms with van der Waals surface area (Å²) < 4.78 is 0. The normalized spacial score (nSPS) is 11.0. The van der Waals surface area contributed by atoms with E-state index in [2.05, 4.69) is 51.4 Å². The first-order valence-corrected chi connectivity index (χ1v) is 6.53. The molecule has 0 radical (unpaired) electrons. The van der Waals surface area contributed by atoms with Crippen molar-refractivity contribution in [1.29, 1.82) is 0 Å². The minimum Gasteiger partial charge on any atom is -0.261 e. The first-order chi connectivity index (χ1) is 8.72. The second kappa shape index (κ2) is 4.59. The van der Waals surface area contributed by atoms with E-state index in [1.165, 1.54) is 5.56 Å². The molecule has 3 rings (SSSR count). The summed E-state index contributed by atoms with van der Waals surface area (Å²) in [5, 5.41) is 8.67. The fourth-order valence-corrected chi connectivity index (χ4v) is 2.68. The standard InChI is InChI=1S/C12H9ClN4S/c1-7-2-4-8(5-3-7)18-11-9-6-14-17-10(9)15-12(13)16-11/h2-6H,1H3,(H,14,15,16,17). The number of hydrogen-bond donors (Lipinski definition) is 1. The van der Waals surface area contributed by atoms with Gasteiger partial charge in [0.15, 0.2) is 5.65 Å². The molecule has 90 valence electrons. The van der Waals surface area contributed by atoms with Crippen molar-refractivity contribution in [2.75, 3.05) is 0 Å². The lowest BCUT2D eigenvalue weighted by atomic mass is 10.2. The van der Waals surface area contributed by atoms with Crippen LogP contribution in [0.25, 0.3) is 11.0 Å². The minimum atomic E-state index is 0.223. The monoisotopic (exact) mass is 276 g/mol. The SMILES string of the molecule is Cc1ccc(Sc2nc(Cl)nc3[nH]ncc23)cc1. The first-order valence-electron chi connectivity index (χ1n) is 5.33. The molecule has 6 heteroatoms. The lowest BCUT2D eigenvalue weighted by molar-refractivity contribution is 1.07. The highest BCUT2D eigenvalue weighted by Crippen LogP contribution is 2.31. The molecule has 0 atom stereocenters. The smallest absolute Gasteiger partial charge is 0.225 e. The number of rotatable bonds is 2. The Bertz CT molecular complexity index is 693. The lowest BCUT2D eigenvalue weighted by Gasteiger charge is -2.02. The number of aromatic nitrogens is 4. The Balaban J connectivity index is 2.03. The molecule has 0 aliphatic heterocycles. The van der Waals surface area contributed by atoms with E-state index in [9.17, 15) is 0 Å². The maximum atomic E-state index is 5.89. The molecule has 4 nitrogen and oxygen atoms in total. The van der Waals surface area contributed by atoms with E-state index in [4.69, 9.17) is 11.6 Å². The van der Waals surface area contributed by atoms with E-state index in [1.807, 2.05) is 0 Å². The van der Waals surface area contributed by atoms with Crippen molar-refractivity contribution >= 4 is 34.4 Å². The molecule has 0 saturated carbocycles. The molecule has 0 fully saturated rings. The molecular formula is C12H9ClN4S. The third kappa shape index (κ3) is 2.19. The van der Waals surface area contributed by atoms with Crippen molar-refractivity contribution in [3.8, 4) is 0 Å². The predicted octanol–water partition coefficient (Wildman–Crippen LogP) is 3.47. The molecule has 2 heterocycles. The third-order valence-corrected chi connectivity index (χ3v) is 3.66. The van der Waals surface area contributed by atoms with Gasteiger partial charge in [-0.15, -0.1) is 0 Å². The van der Waals surface area contributed by atoms with Crippen LogP contribution in [0.2, 0.25) is 5.28 Å². The summed E-state index contributed by atoms with van der Waals surface area (Å²) in [5.41, 5.74) is 1.89. The van der Waals surface area contributed by atoms with Crippen molar-refractivity contribution in [3.05, 3.63) is 41.3 Å². The number of fused-ring (bicyclic) bond motifs is 1. The van der Waals surface area contributed by atoms with E-state index in [-0.39, 0.29) is 5.28 Å². The van der Waals surface area contributed by atoms with Gasteiger partial charge in [0.05, 0.1) is 11.6 Å². The number of aromatic amines is 1. The van der Waals surface area contributed by atoms with Gasteiger partial charge in [0.1, 0.15) is 5.03 Å². The minimum absolute atomic E-state index is 0.223. The zero-order valence-corrected chi connectivity index (χ0v) is 11.1. The quantitative estimate of drug-likeness (QED) is 0.575. The van der Waals surface area contributed by atoms with Crippen LogP contribution in [0.5, 0.6) is 0 Å². The molecule has 3 aromatic rings. The number of nitrogens with zero attached hydrogens (tertiary/aromatic N) is 3. The maximum absolute atomic E-state index is 5.89. The zero-order valence-electron chi connectivity index (χ0n) is 9.51. The molecule has 0 spiro atoms. The molecule has 0 bridgehead atoms. The average Bonchev–Trinajstić information content (AvgIpc) is 2.80. The number of H-pyrrole nitrogens is 1. The zero-order chi connectivity index (χ0) is 12.5. The fraction of sp³-hybridized carbons (Fsp3) is 0.0833. The van der Waals surface area contributed by atoms with Gasteiger partial charge in [-0.05, 0) is 30.7 Å². The number of nitrogens with one attached hydrogen (secondary N) is 1. The summed E-state index contributed by atoms with van der Waals surface area (Å²) in [6, 6.07) is 8.25. The molecule has 0 saturated heterocycles. The first kappa shape index (κ1) is 11.5. The van der Waals surface area contributed by atoms with Crippen molar-refractivity contribution < 1.29 is 0 Å². The molecule has 0 unspecified atom stereocenters. The molecule has 18 heavy (non-hydrogen) atoms. The van der Waals surface area contributed by atoms with E-state index in [0.29, 0.717) is 5.65 Å². The van der Waals surface area contributed by atoms with Crippen molar-refractivity contribution in [2.45, 2.75) is 16.8 Å². The van der Waals surface area contributed by atoms with Gasteiger partial charge in [0.25, 0.3) is 0 Å². The van der Waals surface area contributed by atoms with Gasteiger partial charge in [-0.2, -0.15) is 10.1 Å². The summed E-state index contributed by atoms with van der Waals surface area (Å²) in [5.74, 6) is 0. The summed E-state index contributed by atoms with van der Waals surface area (Å²) in [4.78, 5) is 9.43. The number of aryl methyl sites for hydroxylation is 1. The molecule has 0 aliphatic carbocycles. The highest BCUT2D eigenvalue weighted by Gasteiger charge is 2.09. The van der Waals surface area contributed by atoms with E-state index in [0.717, 1.165) is 15.3 Å². The van der Waals surface area contributed by atoms with E-state index < -0.39 is 0 Å². The third-order valence-electron chi connectivity index (χ3n) is 2.48. The van der Waals surface area contributed by atoms with Crippen LogP contribution in [-0.4, -0.2) is 20.2 Å². The summed E-state index contributed by atoms with van der Waals surface area (Å²) >= 11 is 7.44. The van der Waals surface area contributed by atoms with Crippen molar-refractivity contribution in [1.82, 2.24) is 20.2 Å². The van der Waals surface area contributed by atoms with E-state index in [1.54, 1.807) is 18.0 Å². The van der Waals surface area contributed by atoms with Crippen LogP contribution < -0.4 is 0 Å². The highest BCUT2D eigenvalue weighted by molar-refractivity contribution is 7.99. The van der Waals surface area contributed by atoms with Gasteiger partial charge in [0.2, 0.25) is 5.28 Å². The van der Waals surface area contributed by atoms with Gasteiger partial charge in [-0.1, -0.05) is 29.5 Å². The molecule has 0 amide bonds. The average molecular weight is 277 g/mol. The second-order valence-electron chi connectivity index (χ2n) is 3.85. The Morgan fingerprint density at radius 3 is 2.72 bits per heavy atom. The highest BCUT2D eigenvalue weighted by atomic mass is 35.5. The Labute approximate surface area is 113 Å². The molecule has 0 aliphatic rings. The predicted molar refractivity (Wildman–Crippen MR) is 72.0 cm³/mol. The van der Waals surface area contributed by atoms with Gasteiger partial charge in [0, 0.05) is 4.90 Å². The van der Waals surface area contributed by atoms with Crippen LogP contribution >= 0.6 is 23.4 Å². The van der Waals surface area contributed by atoms with Crippen LogP contribution in [0.1, 0.15) is 5.56 Å². The van der Waals surface area contributed by atoms with Gasteiger partial charge < -0.3 is 0 Å². The number of benzene rings is 1. The molecule has 1 aromatic carbocycles. The molecular weight excluding hydrogens is 268 g/mol. The Kier molecular flexibility index (Phi) is 2.93. The van der Waals surface area contributed by atoms with Crippen molar-refractivity contribution in [2.24, 2.45) is 0 Å². The van der Waals surface area contributed by atoms with E-state index >= 15 is 0 Å². The van der Waals surface area contributed by atoms with Crippen LogP contribution in [0, 0.1) is 6.92 Å². The topological polar surface area (TPSA) is 54.5 Å². The van der Waals surface area contributed by atoms with Crippen LogP contribution in [0.3, 0.4) is 0 Å². The van der Waals surface area contributed by atoms with Gasteiger partial charge >= 0.3 is 0 Å². The Morgan fingerprint density at radius 1 is 1.17 bits per heavy atom. The summed E-state index contributed by atoms with van der Waals surface area (Å²) in [7, 11) is 0. The largest absolute Gasteiger partial charge is 0.261 e. The van der Waals surface area contributed by atoms with Crippen LogP contribution in [0.15, 0.2) is 40.4 Å². The maximum Gasteiger partial charge on any atom is 0.225 e. The summed E-state index contributed by atoms with van der Waals surface area (Å²) in [6.45, 7) is 2.06. The molecule has 1 N–H and O–H groups in total. The van der Waals surface area contributed by atoms with Crippen LogP contribution in [0.4, 0.5) is 0 Å². The van der Waals surface area contributed by atoms with Crippen molar-refractivity contribution in [3.63, 3.8) is 0 Å². The lowest BCUT2D eigenvalue weighted by Crippen LogP contribution is -1.87. The van der Waals surface area contributed by atoms with Gasteiger partial charge in [-0.3, -0.25) is 5.10 Å². The Hall–Kier alpha value is -1.59. The molecule has 2 aromatic heterocycles. The second-order valence-corrected chi connectivity index (χ2v) is 5.25. The van der Waals surface area contributed by atoms with Gasteiger partial charge in [-0.25, -0.2) is 4.98 Å². The number of halogens is 1. The number of hydrogen-bond acceptors (Lipinski definition) is 4. The fourth-order valence-electron chi connectivity index (χ4n) is 1.58. The summed E-state index contributed by atoms with van der Waals surface area (Å²) in [6.07, 6.45) is 1.71.